The molecule has 0 spiro atoms. The third kappa shape index (κ3) is 3.23. The van der Waals surface area contributed by atoms with E-state index in [0.717, 1.165) is 24.0 Å². The van der Waals surface area contributed by atoms with Gasteiger partial charge in [0.1, 0.15) is 0 Å². The maximum Gasteiger partial charge on any atom is 0.163 e. The Bertz CT molecular complexity index is 747. The second-order valence-corrected chi connectivity index (χ2v) is 7.35. The Morgan fingerprint density at radius 2 is 1.77 bits per heavy atom. The van der Waals surface area contributed by atoms with Crippen molar-refractivity contribution in [3.63, 3.8) is 0 Å². The number of nitrogens with one attached hydrogen (secondary N) is 1. The highest BCUT2D eigenvalue weighted by Gasteiger charge is 2.30. The van der Waals surface area contributed by atoms with E-state index in [1.807, 2.05) is 13.8 Å². The zero-order valence-electron chi connectivity index (χ0n) is 16.0. The van der Waals surface area contributed by atoms with Crippen LogP contribution in [0.5, 0.6) is 11.5 Å². The molecule has 0 unspecified atom stereocenters. The summed E-state index contributed by atoms with van der Waals surface area (Å²) in [5, 5.41) is 3.85. The smallest absolute Gasteiger partial charge is 0.163 e. The molecule has 1 aliphatic carbocycles. The number of hydrogen-bond acceptors (Lipinski definition) is 3. The molecule has 0 saturated heterocycles. The minimum absolute atomic E-state index is 0.420. The summed E-state index contributed by atoms with van der Waals surface area (Å²) in [6.07, 6.45) is 8.95. The van der Waals surface area contributed by atoms with Crippen molar-refractivity contribution in [2.45, 2.75) is 58.5 Å². The summed E-state index contributed by atoms with van der Waals surface area (Å²) >= 11 is 0. The van der Waals surface area contributed by atoms with Gasteiger partial charge in [-0.25, -0.2) is 0 Å². The fraction of sp³-hybridized carbons (Fsp3) is 0.545. The van der Waals surface area contributed by atoms with Gasteiger partial charge in [0.25, 0.3) is 0 Å². The van der Waals surface area contributed by atoms with Gasteiger partial charge in [-0.3, -0.25) is 0 Å². The number of fused-ring (bicyclic) bond motifs is 3. The average molecular weight is 354 g/mol. The van der Waals surface area contributed by atoms with E-state index in [4.69, 9.17) is 9.47 Å². The van der Waals surface area contributed by atoms with Crippen LogP contribution in [0.25, 0.3) is 5.69 Å². The molecule has 1 atom stereocenters. The van der Waals surface area contributed by atoms with Crippen molar-refractivity contribution in [1.29, 1.82) is 0 Å². The number of aromatic nitrogens is 1. The van der Waals surface area contributed by atoms with Crippen LogP contribution in [-0.2, 0) is 6.54 Å². The summed E-state index contributed by atoms with van der Waals surface area (Å²) in [6.45, 7) is 6.18. The lowest BCUT2D eigenvalue weighted by Gasteiger charge is -2.30. The zero-order chi connectivity index (χ0) is 17.9. The molecule has 1 fully saturated rings. The first-order valence-corrected chi connectivity index (χ1v) is 10.1. The second kappa shape index (κ2) is 7.75. The molecular weight excluding hydrogens is 324 g/mol. The lowest BCUT2D eigenvalue weighted by molar-refractivity contribution is 0.267. The minimum Gasteiger partial charge on any atom is -0.490 e. The first kappa shape index (κ1) is 17.5. The standard InChI is InChI=1S/C22H30N2O2/c1-3-25-20-13-17-15-23-22(16-9-6-5-7-10-16)18-11-8-12-24(18)19(17)14-21(20)26-4-2/h8,11-14,16,22-23H,3-7,9-10,15H2,1-2H3/t22-/m0/s1. The summed E-state index contributed by atoms with van der Waals surface area (Å²) in [6, 6.07) is 9.17. The first-order valence-electron chi connectivity index (χ1n) is 10.1. The van der Waals surface area contributed by atoms with E-state index in [1.165, 1.54) is 49.0 Å². The Morgan fingerprint density at radius 1 is 1.04 bits per heavy atom. The predicted octanol–water partition coefficient (Wildman–Crippen LogP) is 5.00. The summed E-state index contributed by atoms with van der Waals surface area (Å²) in [5.74, 6) is 2.41. The molecule has 26 heavy (non-hydrogen) atoms. The van der Waals surface area contributed by atoms with Gasteiger partial charge in [-0.15, -0.1) is 0 Å². The topological polar surface area (TPSA) is 35.4 Å². The third-order valence-electron chi connectivity index (χ3n) is 5.74. The van der Waals surface area contributed by atoms with Gasteiger partial charge in [0.05, 0.1) is 24.9 Å². The van der Waals surface area contributed by atoms with E-state index in [-0.39, 0.29) is 0 Å². The van der Waals surface area contributed by atoms with E-state index < -0.39 is 0 Å². The lowest BCUT2D eigenvalue weighted by atomic mass is 9.82. The van der Waals surface area contributed by atoms with Gasteiger partial charge < -0.3 is 19.4 Å². The average Bonchev–Trinajstić information content (AvgIpc) is 3.09. The van der Waals surface area contributed by atoms with Gasteiger partial charge in [0.15, 0.2) is 11.5 Å². The molecule has 140 valence electrons. The number of ether oxygens (including phenoxy) is 2. The number of rotatable bonds is 5. The van der Waals surface area contributed by atoms with Gasteiger partial charge >= 0.3 is 0 Å². The van der Waals surface area contributed by atoms with Gasteiger partial charge in [-0.05, 0) is 56.4 Å². The van der Waals surface area contributed by atoms with Crippen LogP contribution in [0.2, 0.25) is 0 Å². The molecule has 1 N–H and O–H groups in total. The van der Waals surface area contributed by atoms with Crippen LogP contribution >= 0.6 is 0 Å². The van der Waals surface area contributed by atoms with Crippen molar-refractivity contribution in [3.8, 4) is 17.2 Å². The molecule has 0 amide bonds. The Morgan fingerprint density at radius 3 is 2.50 bits per heavy atom. The normalized spacial score (nSPS) is 20.2. The van der Waals surface area contributed by atoms with Crippen molar-refractivity contribution in [2.75, 3.05) is 13.2 Å². The van der Waals surface area contributed by atoms with E-state index >= 15 is 0 Å². The SMILES string of the molecule is CCOc1cc2c(cc1OCC)-n1cccc1[C@H](C1CCCCC1)NC2. The monoisotopic (exact) mass is 354 g/mol. The van der Waals surface area contributed by atoms with E-state index in [2.05, 4.69) is 40.3 Å². The van der Waals surface area contributed by atoms with Crippen molar-refractivity contribution < 1.29 is 9.47 Å². The predicted molar refractivity (Wildman–Crippen MR) is 104 cm³/mol. The summed E-state index contributed by atoms with van der Waals surface area (Å²) in [7, 11) is 0. The maximum atomic E-state index is 5.87. The van der Waals surface area contributed by atoms with Crippen LogP contribution in [0.4, 0.5) is 0 Å². The Hall–Kier alpha value is -1.94. The minimum atomic E-state index is 0.420. The molecule has 2 aliphatic rings. The largest absolute Gasteiger partial charge is 0.490 e. The molecular formula is C22H30N2O2. The van der Waals surface area contributed by atoms with Crippen LogP contribution in [-0.4, -0.2) is 17.8 Å². The molecule has 4 nitrogen and oxygen atoms in total. The number of benzene rings is 1. The van der Waals surface area contributed by atoms with Gasteiger partial charge in [-0.2, -0.15) is 0 Å². The molecule has 2 aromatic rings. The zero-order valence-corrected chi connectivity index (χ0v) is 16.0. The van der Waals surface area contributed by atoms with E-state index in [1.54, 1.807) is 0 Å². The quantitative estimate of drug-likeness (QED) is 0.821. The molecule has 1 aromatic carbocycles. The van der Waals surface area contributed by atoms with Gasteiger partial charge in [0.2, 0.25) is 0 Å². The molecule has 0 bridgehead atoms. The highest BCUT2D eigenvalue weighted by Crippen LogP contribution is 2.40. The van der Waals surface area contributed by atoms with Crippen molar-refractivity contribution in [1.82, 2.24) is 9.88 Å². The maximum absolute atomic E-state index is 5.87. The van der Waals surface area contributed by atoms with Crippen LogP contribution in [0.3, 0.4) is 0 Å². The highest BCUT2D eigenvalue weighted by atomic mass is 16.5. The van der Waals surface area contributed by atoms with Gasteiger partial charge in [0, 0.05) is 24.5 Å². The Balaban J connectivity index is 1.75. The van der Waals surface area contributed by atoms with E-state index in [9.17, 15) is 0 Å². The summed E-state index contributed by atoms with van der Waals surface area (Å²) in [5.41, 5.74) is 3.86. The first-order chi connectivity index (χ1) is 12.8. The van der Waals surface area contributed by atoms with Crippen molar-refractivity contribution in [3.05, 3.63) is 41.7 Å². The molecule has 4 rings (SSSR count). The lowest BCUT2D eigenvalue weighted by Crippen LogP contribution is -2.29. The van der Waals surface area contributed by atoms with Crippen molar-refractivity contribution in [2.24, 2.45) is 5.92 Å². The summed E-state index contributed by atoms with van der Waals surface area (Å²) in [4.78, 5) is 0. The van der Waals surface area contributed by atoms with E-state index in [0.29, 0.717) is 19.3 Å². The summed E-state index contributed by atoms with van der Waals surface area (Å²) < 4.78 is 14.1. The Kier molecular flexibility index (Phi) is 5.21. The van der Waals surface area contributed by atoms with Crippen LogP contribution in [0.15, 0.2) is 30.5 Å². The molecule has 2 heterocycles. The molecule has 1 saturated carbocycles. The fourth-order valence-electron chi connectivity index (χ4n) is 4.56. The number of hydrogen-bond donors (Lipinski definition) is 1. The van der Waals surface area contributed by atoms with Crippen LogP contribution in [0.1, 0.15) is 63.3 Å². The number of nitrogens with zero attached hydrogens (tertiary/aromatic N) is 1. The third-order valence-corrected chi connectivity index (χ3v) is 5.74. The molecule has 4 heteroatoms. The second-order valence-electron chi connectivity index (χ2n) is 7.35. The molecule has 1 aromatic heterocycles. The van der Waals surface area contributed by atoms with Crippen LogP contribution < -0.4 is 14.8 Å². The highest BCUT2D eigenvalue weighted by molar-refractivity contribution is 5.56. The van der Waals surface area contributed by atoms with Crippen molar-refractivity contribution >= 4 is 0 Å². The molecule has 1 aliphatic heterocycles. The van der Waals surface area contributed by atoms with Gasteiger partial charge in [-0.1, -0.05) is 19.3 Å². The fourth-order valence-corrected chi connectivity index (χ4v) is 4.56. The van der Waals surface area contributed by atoms with Crippen LogP contribution in [0, 0.1) is 5.92 Å². The Labute approximate surface area is 156 Å². The molecule has 0 radical (unpaired) electrons.